The van der Waals surface area contributed by atoms with Gasteiger partial charge in [0.05, 0.1) is 0 Å². The maximum atomic E-state index is 11.8. The Morgan fingerprint density at radius 2 is 1.92 bits per heavy atom. The molecule has 0 amide bonds. The van der Waals surface area contributed by atoms with Crippen molar-refractivity contribution >= 4 is 0 Å². The number of rotatable bonds is 3. The Morgan fingerprint density at radius 3 is 2.23 bits per heavy atom. The fourth-order valence-corrected chi connectivity index (χ4v) is 0.650. The van der Waals surface area contributed by atoms with Crippen LogP contribution in [0.3, 0.4) is 0 Å². The molecular formula is C9H13F3O. The van der Waals surface area contributed by atoms with Gasteiger partial charge in [0.25, 0.3) is 0 Å². The van der Waals surface area contributed by atoms with Crippen LogP contribution < -0.4 is 0 Å². The molecule has 4 heteroatoms. The minimum Gasteiger partial charge on any atom is -0.406 e. The van der Waals surface area contributed by atoms with Gasteiger partial charge in [0, 0.05) is 0 Å². The van der Waals surface area contributed by atoms with Crippen molar-refractivity contribution < 1.29 is 17.9 Å². The second kappa shape index (κ2) is 4.94. The minimum atomic E-state index is -4.60. The molecule has 0 aliphatic heterocycles. The molecule has 0 saturated heterocycles. The van der Waals surface area contributed by atoms with E-state index in [-0.39, 0.29) is 5.76 Å². The van der Waals surface area contributed by atoms with E-state index < -0.39 is 6.36 Å². The second-order valence-electron chi connectivity index (χ2n) is 2.58. The number of hydrogen-bond acceptors (Lipinski definition) is 1. The zero-order valence-electron chi connectivity index (χ0n) is 7.90. The van der Waals surface area contributed by atoms with E-state index in [0.29, 0.717) is 6.42 Å². The monoisotopic (exact) mass is 194 g/mol. The van der Waals surface area contributed by atoms with Gasteiger partial charge in [0.2, 0.25) is 0 Å². The third-order valence-corrected chi connectivity index (χ3v) is 1.46. The van der Waals surface area contributed by atoms with Gasteiger partial charge in [-0.2, -0.15) is 0 Å². The predicted molar refractivity (Wildman–Crippen MR) is 44.9 cm³/mol. The number of ether oxygens (including phenoxy) is 1. The first kappa shape index (κ1) is 12.1. The Morgan fingerprint density at radius 1 is 1.38 bits per heavy atom. The van der Waals surface area contributed by atoms with Crippen LogP contribution >= 0.6 is 0 Å². The van der Waals surface area contributed by atoms with Gasteiger partial charge in [-0.15, -0.1) is 13.2 Å². The number of halogens is 3. The summed E-state index contributed by atoms with van der Waals surface area (Å²) in [7, 11) is 0. The summed E-state index contributed by atoms with van der Waals surface area (Å²) in [5.74, 6) is -0.160. The van der Waals surface area contributed by atoms with Crippen molar-refractivity contribution in [3.8, 4) is 0 Å². The second-order valence-corrected chi connectivity index (χ2v) is 2.58. The number of alkyl halides is 3. The summed E-state index contributed by atoms with van der Waals surface area (Å²) in [5, 5.41) is 0. The molecule has 0 radical (unpaired) electrons. The van der Waals surface area contributed by atoms with Crippen molar-refractivity contribution in [1.82, 2.24) is 0 Å². The molecule has 0 aromatic rings. The summed E-state index contributed by atoms with van der Waals surface area (Å²) in [6.45, 7) is 5.12. The number of hydrogen-bond donors (Lipinski definition) is 0. The molecule has 0 aliphatic rings. The van der Waals surface area contributed by atoms with Crippen molar-refractivity contribution in [1.29, 1.82) is 0 Å². The fraction of sp³-hybridized carbons (Fsp3) is 0.556. The third-order valence-electron chi connectivity index (χ3n) is 1.46. The Kier molecular flexibility index (Phi) is 4.59. The maximum Gasteiger partial charge on any atom is 0.573 e. The highest BCUT2D eigenvalue weighted by molar-refractivity contribution is 5.16. The van der Waals surface area contributed by atoms with E-state index in [1.54, 1.807) is 6.92 Å². The smallest absolute Gasteiger partial charge is 0.406 e. The summed E-state index contributed by atoms with van der Waals surface area (Å²) in [4.78, 5) is 0. The predicted octanol–water partition coefficient (Wildman–Crippen LogP) is 3.78. The first-order valence-electron chi connectivity index (χ1n) is 3.98. The standard InChI is InChI=1S/C9H13F3O/c1-4-7(3)6-8(5-2)13-9(10,11)12/h5-6H,4H2,1-3H3/b7-6-,8-5+. The molecule has 0 aromatic heterocycles. The molecule has 0 saturated carbocycles. The van der Waals surface area contributed by atoms with E-state index in [9.17, 15) is 13.2 Å². The van der Waals surface area contributed by atoms with Crippen LogP contribution in [0.5, 0.6) is 0 Å². The molecule has 0 atom stereocenters. The fourth-order valence-electron chi connectivity index (χ4n) is 0.650. The quantitative estimate of drug-likeness (QED) is 0.490. The first-order valence-corrected chi connectivity index (χ1v) is 3.98. The Bertz CT molecular complexity index is 213. The molecule has 0 heterocycles. The van der Waals surface area contributed by atoms with E-state index in [1.807, 2.05) is 6.92 Å². The van der Waals surface area contributed by atoms with Crippen molar-refractivity contribution in [2.75, 3.05) is 0 Å². The largest absolute Gasteiger partial charge is 0.573 e. The van der Waals surface area contributed by atoms with Gasteiger partial charge in [-0.3, -0.25) is 0 Å². The lowest BCUT2D eigenvalue weighted by molar-refractivity contribution is -0.303. The minimum absolute atomic E-state index is 0.160. The topological polar surface area (TPSA) is 9.23 Å². The average Bonchev–Trinajstić information content (AvgIpc) is 2.00. The number of allylic oxidation sites excluding steroid dienone is 3. The lowest BCUT2D eigenvalue weighted by Crippen LogP contribution is -2.12. The summed E-state index contributed by atoms with van der Waals surface area (Å²) in [5.41, 5.74) is 0.845. The molecule has 0 aromatic carbocycles. The molecule has 0 aliphatic carbocycles. The highest BCUT2D eigenvalue weighted by atomic mass is 19.4. The molecule has 0 unspecified atom stereocenters. The lowest BCUT2D eigenvalue weighted by Gasteiger charge is -2.09. The summed E-state index contributed by atoms with van der Waals surface area (Å²) in [6, 6.07) is 0. The molecule has 0 spiro atoms. The first-order chi connectivity index (χ1) is 5.89. The SMILES string of the molecule is C/C=C(\C=C(\C)CC)OC(F)(F)F. The zero-order valence-corrected chi connectivity index (χ0v) is 7.90. The molecule has 76 valence electrons. The van der Waals surface area contributed by atoms with Crippen molar-refractivity contribution in [2.45, 2.75) is 33.6 Å². The molecule has 0 bridgehead atoms. The zero-order chi connectivity index (χ0) is 10.5. The Balaban J connectivity index is 4.40. The molecule has 0 N–H and O–H groups in total. The van der Waals surface area contributed by atoms with E-state index in [1.165, 1.54) is 19.1 Å². The van der Waals surface area contributed by atoms with Crippen molar-refractivity contribution in [3.63, 3.8) is 0 Å². The highest BCUT2D eigenvalue weighted by Gasteiger charge is 2.31. The van der Waals surface area contributed by atoms with Crippen LogP contribution in [0.1, 0.15) is 27.2 Å². The summed E-state index contributed by atoms with van der Waals surface area (Å²) >= 11 is 0. The van der Waals surface area contributed by atoms with Gasteiger partial charge in [0.15, 0.2) is 0 Å². The van der Waals surface area contributed by atoms with Gasteiger partial charge < -0.3 is 4.74 Å². The average molecular weight is 194 g/mol. The van der Waals surface area contributed by atoms with Crippen LogP contribution in [-0.4, -0.2) is 6.36 Å². The molecule has 0 fully saturated rings. The van der Waals surface area contributed by atoms with Gasteiger partial charge in [-0.05, 0) is 32.4 Å². The summed E-state index contributed by atoms with van der Waals surface area (Å²) < 4.78 is 39.0. The van der Waals surface area contributed by atoms with Crippen LogP contribution in [-0.2, 0) is 4.74 Å². The van der Waals surface area contributed by atoms with E-state index in [2.05, 4.69) is 4.74 Å². The van der Waals surface area contributed by atoms with Gasteiger partial charge in [-0.25, -0.2) is 0 Å². The van der Waals surface area contributed by atoms with Crippen molar-refractivity contribution in [2.24, 2.45) is 0 Å². The van der Waals surface area contributed by atoms with Gasteiger partial charge >= 0.3 is 6.36 Å². The Labute approximate surface area is 75.9 Å². The van der Waals surface area contributed by atoms with Crippen LogP contribution in [0, 0.1) is 0 Å². The van der Waals surface area contributed by atoms with Crippen molar-refractivity contribution in [3.05, 3.63) is 23.5 Å². The van der Waals surface area contributed by atoms with Crippen LogP contribution in [0.2, 0.25) is 0 Å². The van der Waals surface area contributed by atoms with E-state index >= 15 is 0 Å². The normalized spacial score (nSPS) is 14.6. The molecular weight excluding hydrogens is 181 g/mol. The van der Waals surface area contributed by atoms with Crippen LogP contribution in [0.4, 0.5) is 13.2 Å². The Hall–Kier alpha value is -0.930. The van der Waals surface area contributed by atoms with Gasteiger partial charge in [0.1, 0.15) is 5.76 Å². The molecule has 0 rings (SSSR count). The van der Waals surface area contributed by atoms with Crippen LogP contribution in [0.25, 0.3) is 0 Å². The van der Waals surface area contributed by atoms with Crippen LogP contribution in [0.15, 0.2) is 23.5 Å². The van der Waals surface area contributed by atoms with E-state index in [0.717, 1.165) is 5.57 Å². The lowest BCUT2D eigenvalue weighted by atomic mass is 10.2. The molecule has 13 heavy (non-hydrogen) atoms. The summed E-state index contributed by atoms with van der Waals surface area (Å²) in [6.07, 6.45) is -1.23. The third kappa shape index (κ3) is 6.25. The highest BCUT2D eigenvalue weighted by Crippen LogP contribution is 2.22. The van der Waals surface area contributed by atoms with Gasteiger partial charge in [-0.1, -0.05) is 12.5 Å². The molecule has 1 nitrogen and oxygen atoms in total. The van der Waals surface area contributed by atoms with E-state index in [4.69, 9.17) is 0 Å². The maximum absolute atomic E-state index is 11.8.